The van der Waals surface area contributed by atoms with Gasteiger partial charge in [-0.25, -0.2) is 0 Å². The van der Waals surface area contributed by atoms with Crippen molar-refractivity contribution in [3.05, 3.63) is 11.8 Å². The van der Waals surface area contributed by atoms with Crippen LogP contribution >= 0.6 is 11.8 Å². The number of rotatable bonds is 5. The average Bonchev–Trinajstić information content (AvgIpc) is 2.78. The Kier molecular flexibility index (Phi) is 6.29. The zero-order chi connectivity index (χ0) is 21.2. The first-order valence-corrected chi connectivity index (χ1v) is 12.0. The van der Waals surface area contributed by atoms with Crippen LogP contribution in [0.4, 0.5) is 4.39 Å². The summed E-state index contributed by atoms with van der Waals surface area (Å²) < 4.78 is 19.0. The van der Waals surface area contributed by atoms with E-state index in [0.717, 1.165) is 55.2 Å². The number of hydrogen-bond donors (Lipinski definition) is 1. The SMILES string of the molecule is O=C1CC(CN2CCC(NCc3cc4c(nn3)OCCS4)CC2)CC2CC(F)=NN=C12. The van der Waals surface area contributed by atoms with Crippen LogP contribution in [0.5, 0.6) is 5.88 Å². The van der Waals surface area contributed by atoms with Crippen LogP contribution in [0.25, 0.3) is 0 Å². The van der Waals surface area contributed by atoms with E-state index >= 15 is 0 Å². The molecule has 1 aliphatic carbocycles. The van der Waals surface area contributed by atoms with Crippen molar-refractivity contribution in [2.24, 2.45) is 22.0 Å². The minimum absolute atomic E-state index is 0.0452. The number of fused-ring (bicyclic) bond motifs is 2. The molecule has 1 aromatic heterocycles. The maximum absolute atomic E-state index is 13.5. The summed E-state index contributed by atoms with van der Waals surface area (Å²) in [4.78, 5) is 15.9. The lowest BCUT2D eigenvalue weighted by Crippen LogP contribution is -2.46. The third kappa shape index (κ3) is 4.96. The first-order valence-electron chi connectivity index (χ1n) is 11.0. The highest BCUT2D eigenvalue weighted by Crippen LogP contribution is 2.32. The van der Waals surface area contributed by atoms with E-state index in [2.05, 4.69) is 36.7 Å². The van der Waals surface area contributed by atoms with E-state index in [1.807, 2.05) is 0 Å². The molecule has 2 unspecified atom stereocenters. The minimum atomic E-state index is -0.455. The zero-order valence-corrected chi connectivity index (χ0v) is 18.2. The van der Waals surface area contributed by atoms with Gasteiger partial charge in [0.1, 0.15) is 5.71 Å². The molecule has 10 heteroatoms. The third-order valence-electron chi connectivity index (χ3n) is 6.48. The van der Waals surface area contributed by atoms with Gasteiger partial charge in [-0.2, -0.15) is 9.49 Å². The maximum Gasteiger partial charge on any atom is 0.247 e. The number of ether oxygens (including phenoxy) is 1. The summed E-state index contributed by atoms with van der Waals surface area (Å²) in [5, 5.41) is 19.4. The Labute approximate surface area is 185 Å². The standard InChI is InChI=1S/C21H27FN6O2S/c22-19-9-14-7-13(8-17(29)20(14)26-25-19)12-28-3-1-15(2-4-28)23-11-16-10-18-21(27-24-16)30-5-6-31-18/h10,13-15,23H,1-9,11-12H2. The lowest BCUT2D eigenvalue weighted by atomic mass is 9.77. The number of thioether (sulfide) groups is 1. The molecule has 2 fully saturated rings. The minimum Gasteiger partial charge on any atom is -0.475 e. The summed E-state index contributed by atoms with van der Waals surface area (Å²) >= 11 is 1.77. The van der Waals surface area contributed by atoms with Gasteiger partial charge in [0.15, 0.2) is 5.78 Å². The van der Waals surface area contributed by atoms with Crippen LogP contribution in [0.1, 0.15) is 37.8 Å². The van der Waals surface area contributed by atoms with E-state index in [-0.39, 0.29) is 24.0 Å². The van der Waals surface area contributed by atoms with Crippen molar-refractivity contribution in [3.63, 3.8) is 0 Å². The van der Waals surface area contributed by atoms with Gasteiger partial charge >= 0.3 is 0 Å². The summed E-state index contributed by atoms with van der Waals surface area (Å²) in [5.41, 5.74) is 1.43. The predicted octanol–water partition coefficient (Wildman–Crippen LogP) is 2.24. The van der Waals surface area contributed by atoms with E-state index in [9.17, 15) is 9.18 Å². The highest BCUT2D eigenvalue weighted by atomic mass is 32.2. The second kappa shape index (κ2) is 9.30. The molecule has 1 saturated carbocycles. The van der Waals surface area contributed by atoms with E-state index < -0.39 is 5.97 Å². The fourth-order valence-corrected chi connectivity index (χ4v) is 5.74. The van der Waals surface area contributed by atoms with Crippen LogP contribution in [-0.2, 0) is 11.3 Å². The van der Waals surface area contributed by atoms with Crippen LogP contribution in [0.3, 0.4) is 0 Å². The number of piperidine rings is 1. The van der Waals surface area contributed by atoms with Gasteiger partial charge in [0.2, 0.25) is 11.8 Å². The molecule has 0 amide bonds. The number of Topliss-reactive ketones (excluding diaryl/α,β-unsaturated/α-hetero) is 1. The lowest BCUT2D eigenvalue weighted by Gasteiger charge is -2.37. The van der Waals surface area contributed by atoms with Crippen LogP contribution in [0, 0.1) is 11.8 Å². The van der Waals surface area contributed by atoms with Gasteiger partial charge in [-0.15, -0.1) is 27.1 Å². The summed E-state index contributed by atoms with van der Waals surface area (Å²) in [6, 6.07) is 2.53. The molecule has 8 nitrogen and oxygen atoms in total. The van der Waals surface area contributed by atoms with E-state index in [1.165, 1.54) is 0 Å². The highest BCUT2D eigenvalue weighted by molar-refractivity contribution is 7.99. The molecular weight excluding hydrogens is 419 g/mol. The van der Waals surface area contributed by atoms with Gasteiger partial charge in [0.25, 0.3) is 0 Å². The molecule has 1 saturated heterocycles. The van der Waals surface area contributed by atoms with Crippen LogP contribution in [-0.4, -0.2) is 70.6 Å². The normalized spacial score (nSPS) is 27.1. The van der Waals surface area contributed by atoms with E-state index in [1.54, 1.807) is 11.8 Å². The number of likely N-dealkylation sites (tertiary alicyclic amines) is 1. The molecule has 3 aliphatic heterocycles. The number of ketones is 1. The summed E-state index contributed by atoms with van der Waals surface area (Å²) in [5.74, 6) is 1.37. The van der Waals surface area contributed by atoms with Crippen molar-refractivity contribution in [3.8, 4) is 5.88 Å². The largest absolute Gasteiger partial charge is 0.475 e. The van der Waals surface area contributed by atoms with Gasteiger partial charge in [-0.1, -0.05) is 0 Å². The third-order valence-corrected chi connectivity index (χ3v) is 7.45. The number of carbonyl (C=O) groups is 1. The average molecular weight is 447 g/mol. The van der Waals surface area contributed by atoms with Gasteiger partial charge in [-0.3, -0.25) is 4.79 Å². The van der Waals surface area contributed by atoms with Crippen LogP contribution < -0.4 is 10.1 Å². The van der Waals surface area contributed by atoms with Crippen molar-refractivity contribution < 1.29 is 13.9 Å². The van der Waals surface area contributed by atoms with Crippen molar-refractivity contribution in [2.75, 3.05) is 32.0 Å². The van der Waals surface area contributed by atoms with Gasteiger partial charge in [-0.05, 0) is 44.3 Å². The Morgan fingerprint density at radius 2 is 2.10 bits per heavy atom. The Morgan fingerprint density at radius 1 is 1.23 bits per heavy atom. The molecule has 0 spiro atoms. The quantitative estimate of drug-likeness (QED) is 0.742. The van der Waals surface area contributed by atoms with Crippen LogP contribution in [0.2, 0.25) is 0 Å². The van der Waals surface area contributed by atoms with Crippen molar-refractivity contribution >= 4 is 29.2 Å². The van der Waals surface area contributed by atoms with Gasteiger partial charge in [0, 0.05) is 43.6 Å². The first kappa shape index (κ1) is 21.0. The molecule has 0 bridgehead atoms. The molecular formula is C21H27FN6O2S. The molecule has 166 valence electrons. The van der Waals surface area contributed by atoms with E-state index in [0.29, 0.717) is 37.2 Å². The zero-order valence-electron chi connectivity index (χ0n) is 17.4. The first-order chi connectivity index (χ1) is 15.1. The fraction of sp³-hybridized carbons (Fsp3) is 0.667. The Bertz CT molecular complexity index is 902. The molecule has 2 atom stereocenters. The number of nitrogens with one attached hydrogen (secondary N) is 1. The number of aromatic nitrogens is 2. The van der Waals surface area contributed by atoms with Crippen molar-refractivity contribution in [2.45, 2.75) is 49.6 Å². The molecule has 31 heavy (non-hydrogen) atoms. The van der Waals surface area contributed by atoms with Gasteiger partial charge in [0.05, 0.1) is 17.2 Å². The van der Waals surface area contributed by atoms with Crippen molar-refractivity contribution in [1.82, 2.24) is 20.4 Å². The molecule has 0 aromatic carbocycles. The Morgan fingerprint density at radius 3 is 2.97 bits per heavy atom. The van der Waals surface area contributed by atoms with E-state index in [4.69, 9.17) is 4.74 Å². The van der Waals surface area contributed by atoms with Gasteiger partial charge < -0.3 is 15.0 Å². The molecule has 0 radical (unpaired) electrons. The fourth-order valence-electron chi connectivity index (χ4n) is 4.91. The highest BCUT2D eigenvalue weighted by Gasteiger charge is 2.37. The number of halogens is 1. The summed E-state index contributed by atoms with van der Waals surface area (Å²) in [6.07, 6.45) is 3.68. The van der Waals surface area contributed by atoms with Crippen molar-refractivity contribution in [1.29, 1.82) is 0 Å². The molecule has 1 N–H and O–H groups in total. The topological polar surface area (TPSA) is 92.1 Å². The monoisotopic (exact) mass is 446 g/mol. The second-order valence-corrected chi connectivity index (χ2v) is 9.89. The number of nitrogens with zero attached hydrogens (tertiary/aromatic N) is 5. The number of hydrogen-bond acceptors (Lipinski definition) is 9. The Balaban J connectivity index is 1.07. The predicted molar refractivity (Wildman–Crippen MR) is 116 cm³/mol. The molecule has 4 heterocycles. The second-order valence-electron chi connectivity index (χ2n) is 8.75. The Hall–Kier alpha value is -1.91. The number of carbonyl (C=O) groups excluding carboxylic acids is 1. The maximum atomic E-state index is 13.5. The molecule has 1 aromatic rings. The smallest absolute Gasteiger partial charge is 0.247 e. The lowest BCUT2D eigenvalue weighted by molar-refractivity contribution is -0.115. The molecule has 4 aliphatic rings. The summed E-state index contributed by atoms with van der Waals surface area (Å²) in [6.45, 7) is 4.30. The molecule has 5 rings (SSSR count). The summed E-state index contributed by atoms with van der Waals surface area (Å²) in [7, 11) is 0. The van der Waals surface area contributed by atoms with Crippen LogP contribution in [0.15, 0.2) is 21.2 Å².